The van der Waals surface area contributed by atoms with E-state index in [2.05, 4.69) is 5.32 Å². The molecule has 0 saturated carbocycles. The Kier molecular flexibility index (Phi) is 5.37. The third kappa shape index (κ3) is 5.47. The molecule has 1 amide bonds. The number of amides is 1. The van der Waals surface area contributed by atoms with Crippen LogP contribution < -0.4 is 5.32 Å². The standard InChI is InChI=1S/C14H20FN3O3/c1-14(2,3)16-13(19)9-17(4)8-10-11(15)6-5-7-12(10)18(20)21/h5-7H,8-9H2,1-4H3,(H,16,19). The van der Waals surface area contributed by atoms with Gasteiger partial charge in [0.1, 0.15) is 5.82 Å². The average Bonchev–Trinajstić information content (AvgIpc) is 2.28. The van der Waals surface area contributed by atoms with E-state index in [9.17, 15) is 19.3 Å². The van der Waals surface area contributed by atoms with Crippen LogP contribution in [-0.2, 0) is 11.3 Å². The summed E-state index contributed by atoms with van der Waals surface area (Å²) in [7, 11) is 1.61. The highest BCUT2D eigenvalue weighted by molar-refractivity contribution is 5.78. The first-order valence-electron chi connectivity index (χ1n) is 6.51. The van der Waals surface area contributed by atoms with Crippen LogP contribution in [0.2, 0.25) is 0 Å². The Bertz CT molecular complexity index is 541. The number of carbonyl (C=O) groups excluding carboxylic acids is 1. The molecule has 0 unspecified atom stereocenters. The van der Waals surface area contributed by atoms with Crippen LogP contribution in [0.4, 0.5) is 10.1 Å². The summed E-state index contributed by atoms with van der Waals surface area (Å²) in [5.74, 6) is -0.865. The number of nitro benzene ring substituents is 1. The van der Waals surface area contributed by atoms with E-state index in [1.807, 2.05) is 20.8 Å². The van der Waals surface area contributed by atoms with Gasteiger partial charge in [-0.05, 0) is 33.9 Å². The third-order valence-corrected chi connectivity index (χ3v) is 2.65. The van der Waals surface area contributed by atoms with Crippen LogP contribution in [0.15, 0.2) is 18.2 Å². The molecule has 0 heterocycles. The highest BCUT2D eigenvalue weighted by atomic mass is 19.1. The Labute approximate surface area is 123 Å². The van der Waals surface area contributed by atoms with Crippen LogP contribution in [0.5, 0.6) is 0 Å². The van der Waals surface area contributed by atoms with Crippen molar-refractivity contribution in [2.24, 2.45) is 0 Å². The molecule has 0 saturated heterocycles. The number of halogens is 1. The van der Waals surface area contributed by atoms with E-state index in [1.54, 1.807) is 7.05 Å². The van der Waals surface area contributed by atoms with E-state index in [4.69, 9.17) is 0 Å². The maximum absolute atomic E-state index is 13.7. The number of nitrogens with one attached hydrogen (secondary N) is 1. The minimum Gasteiger partial charge on any atom is -0.350 e. The lowest BCUT2D eigenvalue weighted by Crippen LogP contribution is -2.45. The van der Waals surface area contributed by atoms with Crippen molar-refractivity contribution in [3.63, 3.8) is 0 Å². The molecule has 6 nitrogen and oxygen atoms in total. The van der Waals surface area contributed by atoms with E-state index in [0.29, 0.717) is 0 Å². The van der Waals surface area contributed by atoms with Crippen molar-refractivity contribution in [1.29, 1.82) is 0 Å². The number of hydrogen-bond acceptors (Lipinski definition) is 4. The Hall–Kier alpha value is -2.02. The molecule has 0 aromatic heterocycles. The Morgan fingerprint density at radius 3 is 2.57 bits per heavy atom. The minimum atomic E-state index is -0.646. The Morgan fingerprint density at radius 1 is 1.43 bits per heavy atom. The van der Waals surface area contributed by atoms with Gasteiger partial charge >= 0.3 is 0 Å². The predicted octanol–water partition coefficient (Wildman–Crippen LogP) is 2.08. The van der Waals surface area contributed by atoms with Gasteiger partial charge in [-0.1, -0.05) is 6.07 Å². The quantitative estimate of drug-likeness (QED) is 0.667. The van der Waals surface area contributed by atoms with Gasteiger partial charge in [0.15, 0.2) is 0 Å². The van der Waals surface area contributed by atoms with Gasteiger partial charge in [-0.3, -0.25) is 19.8 Å². The molecule has 0 atom stereocenters. The van der Waals surface area contributed by atoms with E-state index in [1.165, 1.54) is 23.1 Å². The SMILES string of the molecule is CN(CC(=O)NC(C)(C)C)Cc1c(F)cccc1[N+](=O)[O-]. The largest absolute Gasteiger partial charge is 0.350 e. The van der Waals surface area contributed by atoms with Gasteiger partial charge in [0.25, 0.3) is 5.69 Å². The fourth-order valence-electron chi connectivity index (χ4n) is 1.90. The summed E-state index contributed by atoms with van der Waals surface area (Å²) >= 11 is 0. The molecule has 0 aliphatic heterocycles. The van der Waals surface area contributed by atoms with Crippen molar-refractivity contribution in [2.75, 3.05) is 13.6 Å². The van der Waals surface area contributed by atoms with Crippen molar-refractivity contribution >= 4 is 11.6 Å². The Morgan fingerprint density at radius 2 is 2.05 bits per heavy atom. The zero-order chi connectivity index (χ0) is 16.2. The highest BCUT2D eigenvalue weighted by Crippen LogP contribution is 2.22. The molecule has 1 N–H and O–H groups in total. The molecule has 21 heavy (non-hydrogen) atoms. The zero-order valence-corrected chi connectivity index (χ0v) is 12.6. The molecule has 0 spiro atoms. The first-order chi connectivity index (χ1) is 9.60. The van der Waals surface area contributed by atoms with Gasteiger partial charge in [0.05, 0.1) is 17.0 Å². The van der Waals surface area contributed by atoms with Gasteiger partial charge < -0.3 is 5.32 Å². The third-order valence-electron chi connectivity index (χ3n) is 2.65. The first-order valence-corrected chi connectivity index (χ1v) is 6.51. The fraction of sp³-hybridized carbons (Fsp3) is 0.500. The molecule has 0 aliphatic carbocycles. The molecule has 0 aliphatic rings. The Balaban J connectivity index is 2.78. The molecule has 0 fully saturated rings. The summed E-state index contributed by atoms with van der Waals surface area (Å²) in [6.45, 7) is 5.58. The lowest BCUT2D eigenvalue weighted by atomic mass is 10.1. The number of carbonyl (C=O) groups is 1. The topological polar surface area (TPSA) is 75.5 Å². The molecule has 7 heteroatoms. The lowest BCUT2D eigenvalue weighted by molar-refractivity contribution is -0.385. The van der Waals surface area contributed by atoms with Gasteiger partial charge in [-0.25, -0.2) is 4.39 Å². The highest BCUT2D eigenvalue weighted by Gasteiger charge is 2.21. The summed E-state index contributed by atoms with van der Waals surface area (Å²) < 4.78 is 13.7. The minimum absolute atomic E-state index is 0.0133. The second kappa shape index (κ2) is 6.62. The number of rotatable bonds is 5. The van der Waals surface area contributed by atoms with E-state index in [0.717, 1.165) is 0 Å². The maximum atomic E-state index is 13.7. The predicted molar refractivity (Wildman–Crippen MR) is 77.3 cm³/mol. The average molecular weight is 297 g/mol. The zero-order valence-electron chi connectivity index (χ0n) is 12.6. The molecule has 1 rings (SSSR count). The number of likely N-dealkylation sites (N-methyl/N-ethyl adjacent to an activating group) is 1. The maximum Gasteiger partial charge on any atom is 0.276 e. The van der Waals surface area contributed by atoms with Gasteiger partial charge in [0, 0.05) is 18.2 Å². The van der Waals surface area contributed by atoms with Crippen molar-refractivity contribution in [2.45, 2.75) is 32.9 Å². The van der Waals surface area contributed by atoms with Crippen LogP contribution in [0.3, 0.4) is 0 Å². The smallest absolute Gasteiger partial charge is 0.276 e. The lowest BCUT2D eigenvalue weighted by Gasteiger charge is -2.23. The van der Waals surface area contributed by atoms with Crippen molar-refractivity contribution in [3.8, 4) is 0 Å². The monoisotopic (exact) mass is 297 g/mol. The molecular weight excluding hydrogens is 277 g/mol. The number of nitrogens with zero attached hydrogens (tertiary/aromatic N) is 2. The van der Waals surface area contributed by atoms with Crippen LogP contribution >= 0.6 is 0 Å². The van der Waals surface area contributed by atoms with Crippen LogP contribution in [0.25, 0.3) is 0 Å². The number of nitro groups is 1. The van der Waals surface area contributed by atoms with Crippen LogP contribution in [0.1, 0.15) is 26.3 Å². The molecule has 0 bridgehead atoms. The molecular formula is C14H20FN3O3. The summed E-state index contributed by atoms with van der Waals surface area (Å²) in [5, 5.41) is 13.7. The number of hydrogen-bond donors (Lipinski definition) is 1. The first kappa shape index (κ1) is 17.0. The molecule has 1 aromatic carbocycles. The number of benzene rings is 1. The molecule has 116 valence electrons. The van der Waals surface area contributed by atoms with Crippen molar-refractivity contribution in [3.05, 3.63) is 39.7 Å². The summed E-state index contributed by atoms with van der Waals surface area (Å²) in [4.78, 5) is 23.6. The molecule has 0 radical (unpaired) electrons. The fourth-order valence-corrected chi connectivity index (χ4v) is 1.90. The normalized spacial score (nSPS) is 11.5. The van der Waals surface area contributed by atoms with Crippen molar-refractivity contribution < 1.29 is 14.1 Å². The van der Waals surface area contributed by atoms with Gasteiger partial charge in [-0.15, -0.1) is 0 Å². The van der Waals surface area contributed by atoms with Gasteiger partial charge in [-0.2, -0.15) is 0 Å². The van der Waals surface area contributed by atoms with Gasteiger partial charge in [0.2, 0.25) is 5.91 Å². The molecule has 1 aromatic rings. The van der Waals surface area contributed by atoms with Crippen LogP contribution in [-0.4, -0.2) is 34.9 Å². The van der Waals surface area contributed by atoms with E-state index >= 15 is 0 Å². The summed E-state index contributed by atoms with van der Waals surface area (Å²) in [6, 6.07) is 3.72. The van der Waals surface area contributed by atoms with E-state index in [-0.39, 0.29) is 35.8 Å². The second-order valence-corrected chi connectivity index (χ2v) is 5.97. The van der Waals surface area contributed by atoms with E-state index < -0.39 is 10.7 Å². The van der Waals surface area contributed by atoms with Crippen LogP contribution in [0, 0.1) is 15.9 Å². The second-order valence-electron chi connectivity index (χ2n) is 5.97. The van der Waals surface area contributed by atoms with Crippen molar-refractivity contribution in [1.82, 2.24) is 10.2 Å². The summed E-state index contributed by atoms with van der Waals surface area (Å²) in [6.07, 6.45) is 0. The summed E-state index contributed by atoms with van der Waals surface area (Å²) in [5.41, 5.74) is -0.659.